The first-order valence-corrected chi connectivity index (χ1v) is 5.90. The van der Waals surface area contributed by atoms with Gasteiger partial charge >= 0.3 is 5.97 Å². The zero-order chi connectivity index (χ0) is 13.2. The van der Waals surface area contributed by atoms with E-state index in [0.717, 1.165) is 5.69 Å². The lowest BCUT2D eigenvalue weighted by atomic mass is 10.1. The van der Waals surface area contributed by atoms with Crippen molar-refractivity contribution in [3.8, 4) is 0 Å². The third-order valence-electron chi connectivity index (χ3n) is 2.78. The third-order valence-corrected chi connectivity index (χ3v) is 3.16. The maximum atomic E-state index is 11.2. The number of aromatic nitrogens is 1. The quantitative estimate of drug-likeness (QED) is 0.885. The van der Waals surface area contributed by atoms with Crippen molar-refractivity contribution in [1.29, 1.82) is 0 Å². The molecular weight excluding hydrogens is 242 g/mol. The molecule has 96 valence electrons. The lowest BCUT2D eigenvalue weighted by molar-refractivity contribution is 0.0696. The summed E-state index contributed by atoms with van der Waals surface area (Å²) >= 11 is 6.16. The van der Waals surface area contributed by atoms with Gasteiger partial charge in [-0.1, -0.05) is 25.4 Å². The number of rotatable bonds is 5. The molecule has 5 heteroatoms. The standard InChI is InChI=1S/C12H18ClNO3/c1-7(2)11-10(13)9(12(15)16)8(3)14(11)5-6-17-4/h7H,5-6H2,1-4H3,(H,15,16). The Morgan fingerprint density at radius 2 is 2.12 bits per heavy atom. The molecule has 0 aliphatic rings. The zero-order valence-corrected chi connectivity index (χ0v) is 11.3. The molecule has 1 N–H and O–H groups in total. The Morgan fingerprint density at radius 1 is 1.53 bits per heavy atom. The van der Waals surface area contributed by atoms with Crippen LogP contribution in [0.15, 0.2) is 0 Å². The second-order valence-corrected chi connectivity index (χ2v) is 4.64. The molecule has 1 heterocycles. The van der Waals surface area contributed by atoms with Crippen molar-refractivity contribution in [2.45, 2.75) is 33.2 Å². The van der Waals surface area contributed by atoms with Crippen molar-refractivity contribution in [3.63, 3.8) is 0 Å². The smallest absolute Gasteiger partial charge is 0.339 e. The van der Waals surface area contributed by atoms with Gasteiger partial charge in [-0.05, 0) is 12.8 Å². The predicted octanol–water partition coefficient (Wildman–Crippen LogP) is 2.92. The second-order valence-electron chi connectivity index (χ2n) is 4.26. The van der Waals surface area contributed by atoms with Crippen molar-refractivity contribution in [1.82, 2.24) is 4.57 Å². The maximum absolute atomic E-state index is 11.2. The highest BCUT2D eigenvalue weighted by molar-refractivity contribution is 6.34. The van der Waals surface area contributed by atoms with E-state index in [-0.39, 0.29) is 11.5 Å². The van der Waals surface area contributed by atoms with Gasteiger partial charge in [-0.3, -0.25) is 0 Å². The van der Waals surface area contributed by atoms with E-state index in [9.17, 15) is 4.79 Å². The summed E-state index contributed by atoms with van der Waals surface area (Å²) in [6, 6.07) is 0. The number of carbonyl (C=O) groups is 1. The summed E-state index contributed by atoms with van der Waals surface area (Å²) in [5.41, 5.74) is 1.74. The number of carboxylic acids is 1. The molecule has 1 aromatic heterocycles. The highest BCUT2D eigenvalue weighted by Gasteiger charge is 2.24. The summed E-state index contributed by atoms with van der Waals surface area (Å²) < 4.78 is 6.96. The summed E-state index contributed by atoms with van der Waals surface area (Å²) in [6.07, 6.45) is 0. The summed E-state index contributed by atoms with van der Waals surface area (Å²) in [6.45, 7) is 6.91. The van der Waals surface area contributed by atoms with E-state index in [1.165, 1.54) is 0 Å². The van der Waals surface area contributed by atoms with Crippen LogP contribution in [-0.2, 0) is 11.3 Å². The fraction of sp³-hybridized carbons (Fsp3) is 0.583. The Kier molecular flexibility index (Phi) is 4.60. The lowest BCUT2D eigenvalue weighted by Gasteiger charge is -2.13. The van der Waals surface area contributed by atoms with E-state index in [1.54, 1.807) is 14.0 Å². The molecule has 4 nitrogen and oxygen atoms in total. The number of aromatic carboxylic acids is 1. The summed E-state index contributed by atoms with van der Waals surface area (Å²) in [5.74, 6) is -0.809. The van der Waals surface area contributed by atoms with E-state index in [4.69, 9.17) is 21.4 Å². The molecule has 0 saturated heterocycles. The molecule has 0 bridgehead atoms. The van der Waals surface area contributed by atoms with Crippen molar-refractivity contribution in [3.05, 3.63) is 22.0 Å². The zero-order valence-electron chi connectivity index (χ0n) is 10.6. The number of hydrogen-bond donors (Lipinski definition) is 1. The van der Waals surface area contributed by atoms with Crippen LogP contribution >= 0.6 is 11.6 Å². The highest BCUT2D eigenvalue weighted by atomic mass is 35.5. The van der Waals surface area contributed by atoms with Crippen LogP contribution in [0.5, 0.6) is 0 Å². The molecule has 0 aliphatic carbocycles. The van der Waals surface area contributed by atoms with Gasteiger partial charge in [0.05, 0.1) is 17.2 Å². The summed E-state index contributed by atoms with van der Waals surface area (Å²) in [4.78, 5) is 11.2. The predicted molar refractivity (Wildman–Crippen MR) is 67.1 cm³/mol. The van der Waals surface area contributed by atoms with E-state index < -0.39 is 5.97 Å². The van der Waals surface area contributed by atoms with Crippen LogP contribution in [0.1, 0.15) is 41.5 Å². The fourth-order valence-electron chi connectivity index (χ4n) is 2.01. The van der Waals surface area contributed by atoms with Crippen LogP contribution in [0, 0.1) is 6.92 Å². The van der Waals surface area contributed by atoms with Crippen LogP contribution in [0.4, 0.5) is 0 Å². The molecule has 0 saturated carbocycles. The van der Waals surface area contributed by atoms with Crippen molar-refractivity contribution in [2.24, 2.45) is 0 Å². The molecule has 1 aromatic rings. The van der Waals surface area contributed by atoms with Gasteiger partial charge in [0.15, 0.2) is 0 Å². The van der Waals surface area contributed by atoms with Crippen molar-refractivity contribution < 1.29 is 14.6 Å². The average Bonchev–Trinajstić information content (AvgIpc) is 2.46. The van der Waals surface area contributed by atoms with Gasteiger partial charge in [0.2, 0.25) is 0 Å². The Morgan fingerprint density at radius 3 is 2.53 bits per heavy atom. The van der Waals surface area contributed by atoms with Crippen LogP contribution in [0.25, 0.3) is 0 Å². The first kappa shape index (κ1) is 14.1. The Bertz CT molecular complexity index is 424. The van der Waals surface area contributed by atoms with Gasteiger partial charge in [-0.2, -0.15) is 0 Å². The summed E-state index contributed by atoms with van der Waals surface area (Å²) in [7, 11) is 1.62. The molecule has 17 heavy (non-hydrogen) atoms. The van der Waals surface area contributed by atoms with Gasteiger partial charge in [-0.15, -0.1) is 0 Å². The summed E-state index contributed by atoms with van der Waals surface area (Å²) in [5, 5.41) is 9.51. The molecule has 0 aromatic carbocycles. The molecule has 0 fully saturated rings. The maximum Gasteiger partial charge on any atom is 0.339 e. The van der Waals surface area contributed by atoms with Gasteiger partial charge in [0, 0.05) is 25.0 Å². The molecule has 0 unspecified atom stereocenters. The average molecular weight is 260 g/mol. The van der Waals surface area contributed by atoms with Crippen LogP contribution < -0.4 is 0 Å². The van der Waals surface area contributed by atoms with E-state index >= 15 is 0 Å². The van der Waals surface area contributed by atoms with Crippen LogP contribution in [0.2, 0.25) is 5.02 Å². The first-order chi connectivity index (χ1) is 7.91. The van der Waals surface area contributed by atoms with Crippen LogP contribution in [0.3, 0.4) is 0 Å². The topological polar surface area (TPSA) is 51.5 Å². The number of halogens is 1. The minimum atomic E-state index is -0.981. The number of hydrogen-bond acceptors (Lipinski definition) is 2. The highest BCUT2D eigenvalue weighted by Crippen LogP contribution is 2.32. The lowest BCUT2D eigenvalue weighted by Crippen LogP contribution is -2.11. The number of carboxylic acid groups (broad SMARTS) is 1. The monoisotopic (exact) mass is 259 g/mol. The number of methoxy groups -OCH3 is 1. The molecule has 0 spiro atoms. The minimum Gasteiger partial charge on any atom is -0.478 e. The molecule has 0 atom stereocenters. The second kappa shape index (κ2) is 5.56. The molecular formula is C12H18ClNO3. The largest absolute Gasteiger partial charge is 0.478 e. The van der Waals surface area contributed by atoms with Crippen molar-refractivity contribution >= 4 is 17.6 Å². The number of ether oxygens (including phenoxy) is 1. The van der Waals surface area contributed by atoms with E-state index in [0.29, 0.717) is 23.9 Å². The fourth-order valence-corrected chi connectivity index (χ4v) is 2.54. The van der Waals surface area contributed by atoms with E-state index in [2.05, 4.69) is 0 Å². The van der Waals surface area contributed by atoms with Crippen LogP contribution in [-0.4, -0.2) is 29.4 Å². The first-order valence-electron chi connectivity index (χ1n) is 5.52. The minimum absolute atomic E-state index is 0.172. The Hall–Kier alpha value is -1.00. The molecule has 0 radical (unpaired) electrons. The van der Waals surface area contributed by atoms with Crippen molar-refractivity contribution in [2.75, 3.05) is 13.7 Å². The third kappa shape index (κ3) is 2.64. The molecule has 0 amide bonds. The Balaban J connectivity index is 3.34. The molecule has 1 rings (SSSR count). The van der Waals surface area contributed by atoms with E-state index in [1.807, 2.05) is 18.4 Å². The van der Waals surface area contributed by atoms with Gasteiger partial charge in [0.1, 0.15) is 0 Å². The normalized spacial score (nSPS) is 11.2. The van der Waals surface area contributed by atoms with Gasteiger partial charge in [0.25, 0.3) is 0 Å². The number of nitrogens with zero attached hydrogens (tertiary/aromatic N) is 1. The molecule has 0 aliphatic heterocycles. The van der Waals surface area contributed by atoms with Gasteiger partial charge < -0.3 is 14.4 Å². The SMILES string of the molecule is COCCn1c(C)c(C(=O)O)c(Cl)c1C(C)C. The van der Waals surface area contributed by atoms with Gasteiger partial charge in [-0.25, -0.2) is 4.79 Å². The Labute approximate surface area is 106 Å².